The third kappa shape index (κ3) is 5.41. The van der Waals surface area contributed by atoms with Crippen molar-refractivity contribution in [2.24, 2.45) is 0 Å². The zero-order valence-electron chi connectivity index (χ0n) is 7.52. The number of amides is 1. The van der Waals surface area contributed by atoms with Crippen LogP contribution in [0.5, 0.6) is 0 Å². The Hall–Kier alpha value is -1.24. The van der Waals surface area contributed by atoms with E-state index in [0.29, 0.717) is 0 Å². The van der Waals surface area contributed by atoms with Crippen molar-refractivity contribution in [2.75, 3.05) is 12.4 Å². The molecule has 0 spiro atoms. The third-order valence-corrected chi connectivity index (χ3v) is 1.55. The number of hydrogen-bond donors (Lipinski definition) is 3. The van der Waals surface area contributed by atoms with Crippen LogP contribution in [-0.2, 0) is 19.1 Å². The molecule has 0 bridgehead atoms. The van der Waals surface area contributed by atoms with Crippen molar-refractivity contribution in [1.29, 1.82) is 0 Å². The van der Waals surface area contributed by atoms with Crippen molar-refractivity contribution >= 4 is 30.5 Å². The number of ether oxygens (including phenoxy) is 1. The number of carbonyl (C=O) groups is 3. The lowest BCUT2D eigenvalue weighted by Gasteiger charge is -2.13. The Bertz CT molecular complexity index is 242. The number of carboxylic acids is 1. The molecule has 0 fully saturated rings. The first-order valence-corrected chi connectivity index (χ1v) is 4.37. The molecule has 1 atom stereocenters. The molecule has 0 rings (SSSR count). The second kappa shape index (κ2) is 6.25. The highest BCUT2D eigenvalue weighted by Crippen LogP contribution is 1.92. The Morgan fingerprint density at radius 3 is 2.43 bits per heavy atom. The zero-order chi connectivity index (χ0) is 11.1. The van der Waals surface area contributed by atoms with Crippen LogP contribution in [0.3, 0.4) is 0 Å². The molecule has 0 aliphatic carbocycles. The van der Waals surface area contributed by atoms with Gasteiger partial charge in [-0.3, -0.25) is 4.79 Å². The Balaban J connectivity index is 4.04. The number of hydrogen-bond acceptors (Lipinski definition) is 5. The molecular formula is C7H11NO5S. The van der Waals surface area contributed by atoms with Gasteiger partial charge in [0.2, 0.25) is 5.91 Å². The molecule has 14 heavy (non-hydrogen) atoms. The highest BCUT2D eigenvalue weighted by atomic mass is 32.1. The van der Waals surface area contributed by atoms with Gasteiger partial charge in [0.25, 0.3) is 0 Å². The number of esters is 1. The van der Waals surface area contributed by atoms with Gasteiger partial charge in [-0.1, -0.05) is 0 Å². The van der Waals surface area contributed by atoms with E-state index < -0.39 is 30.5 Å². The number of aliphatic carboxylic acids is 1. The molecule has 7 heteroatoms. The fourth-order valence-electron chi connectivity index (χ4n) is 0.658. The van der Waals surface area contributed by atoms with Gasteiger partial charge >= 0.3 is 11.9 Å². The molecule has 0 radical (unpaired) electrons. The molecule has 0 saturated carbocycles. The van der Waals surface area contributed by atoms with E-state index in [4.69, 9.17) is 5.11 Å². The molecule has 0 aliphatic rings. The third-order valence-electron chi connectivity index (χ3n) is 1.18. The van der Waals surface area contributed by atoms with E-state index in [1.807, 2.05) is 0 Å². The maximum Gasteiger partial charge on any atom is 0.341 e. The van der Waals surface area contributed by atoms with Gasteiger partial charge in [0.05, 0.1) is 0 Å². The van der Waals surface area contributed by atoms with Gasteiger partial charge in [0.15, 0.2) is 6.61 Å². The molecule has 80 valence electrons. The molecule has 0 heterocycles. The smallest absolute Gasteiger partial charge is 0.341 e. The summed E-state index contributed by atoms with van der Waals surface area (Å²) in [4.78, 5) is 31.7. The first kappa shape index (κ1) is 12.8. The number of thiol groups is 1. The SMILES string of the molecule is CC(=O)N[C@@H](CS)C(=O)OCC(=O)O. The van der Waals surface area contributed by atoms with E-state index in [1.165, 1.54) is 6.92 Å². The van der Waals surface area contributed by atoms with E-state index in [1.54, 1.807) is 0 Å². The standard InChI is InChI=1S/C7H11NO5S/c1-4(9)8-5(3-14)7(12)13-2-6(10)11/h5,14H,2-3H2,1H3,(H,8,9)(H,10,11)/t5-/m0/s1. The summed E-state index contributed by atoms with van der Waals surface area (Å²) in [6.07, 6.45) is 0. The molecule has 0 saturated heterocycles. The predicted octanol–water partition coefficient (Wildman–Crippen LogP) is -0.951. The summed E-state index contributed by atoms with van der Waals surface area (Å²) in [5, 5.41) is 10.5. The quantitative estimate of drug-likeness (QED) is 0.411. The first-order valence-electron chi connectivity index (χ1n) is 3.73. The topological polar surface area (TPSA) is 92.7 Å². The maximum absolute atomic E-state index is 11.1. The van der Waals surface area contributed by atoms with E-state index in [2.05, 4.69) is 22.7 Å². The first-order chi connectivity index (χ1) is 6.47. The van der Waals surface area contributed by atoms with E-state index in [0.717, 1.165) is 0 Å². The average molecular weight is 221 g/mol. The molecule has 0 aromatic rings. The van der Waals surface area contributed by atoms with Crippen LogP contribution in [0.25, 0.3) is 0 Å². The van der Waals surface area contributed by atoms with Crippen molar-refractivity contribution in [1.82, 2.24) is 5.32 Å². The summed E-state index contributed by atoms with van der Waals surface area (Å²) >= 11 is 3.81. The van der Waals surface area contributed by atoms with Gasteiger partial charge in [0, 0.05) is 12.7 Å². The van der Waals surface area contributed by atoms with Crippen molar-refractivity contribution < 1.29 is 24.2 Å². The lowest BCUT2D eigenvalue weighted by Crippen LogP contribution is -2.42. The van der Waals surface area contributed by atoms with Crippen molar-refractivity contribution in [3.63, 3.8) is 0 Å². The minimum atomic E-state index is -1.25. The predicted molar refractivity (Wildman–Crippen MR) is 50.1 cm³/mol. The average Bonchev–Trinajstić information content (AvgIpc) is 2.09. The zero-order valence-corrected chi connectivity index (χ0v) is 8.41. The van der Waals surface area contributed by atoms with Crippen molar-refractivity contribution in [3.8, 4) is 0 Å². The molecule has 6 nitrogen and oxygen atoms in total. The van der Waals surface area contributed by atoms with Crippen molar-refractivity contribution in [3.05, 3.63) is 0 Å². The summed E-state index contributed by atoms with van der Waals surface area (Å²) in [7, 11) is 0. The Kier molecular flexibility index (Phi) is 5.70. The lowest BCUT2D eigenvalue weighted by atomic mass is 10.3. The summed E-state index contributed by atoms with van der Waals surface area (Å²) < 4.78 is 4.36. The summed E-state index contributed by atoms with van der Waals surface area (Å²) in [6.45, 7) is 0.517. The molecule has 0 aromatic heterocycles. The number of nitrogens with one attached hydrogen (secondary N) is 1. The number of carboxylic acid groups (broad SMARTS) is 1. The van der Waals surface area contributed by atoms with E-state index in [-0.39, 0.29) is 5.75 Å². The molecule has 0 aliphatic heterocycles. The van der Waals surface area contributed by atoms with Crippen molar-refractivity contribution in [2.45, 2.75) is 13.0 Å². The summed E-state index contributed by atoms with van der Waals surface area (Å²) in [5.74, 6) is -2.41. The highest BCUT2D eigenvalue weighted by molar-refractivity contribution is 7.80. The van der Waals surface area contributed by atoms with Gasteiger partial charge in [-0.05, 0) is 0 Å². The van der Waals surface area contributed by atoms with Crippen LogP contribution >= 0.6 is 12.6 Å². The van der Waals surface area contributed by atoms with Crippen LogP contribution in [0.4, 0.5) is 0 Å². The van der Waals surface area contributed by atoms with Crippen LogP contribution in [-0.4, -0.2) is 41.4 Å². The molecule has 0 unspecified atom stereocenters. The Morgan fingerprint density at radius 1 is 1.50 bits per heavy atom. The molecule has 1 amide bonds. The number of rotatable bonds is 5. The minimum Gasteiger partial charge on any atom is -0.479 e. The van der Waals surface area contributed by atoms with Crippen LogP contribution < -0.4 is 5.32 Å². The summed E-state index contributed by atoms with van der Waals surface area (Å²) in [5.41, 5.74) is 0. The van der Waals surface area contributed by atoms with Gasteiger partial charge in [-0.25, -0.2) is 9.59 Å². The van der Waals surface area contributed by atoms with E-state index >= 15 is 0 Å². The molecule has 0 aromatic carbocycles. The second-order valence-corrected chi connectivity index (χ2v) is 2.80. The molecular weight excluding hydrogens is 210 g/mol. The molecule has 2 N–H and O–H groups in total. The van der Waals surface area contributed by atoms with Gasteiger partial charge in [-0.2, -0.15) is 12.6 Å². The second-order valence-electron chi connectivity index (χ2n) is 2.44. The largest absolute Gasteiger partial charge is 0.479 e. The van der Waals surface area contributed by atoms with Crippen LogP contribution in [0.15, 0.2) is 0 Å². The fourth-order valence-corrected chi connectivity index (χ4v) is 0.898. The maximum atomic E-state index is 11.1. The van der Waals surface area contributed by atoms with Crippen LogP contribution in [0.2, 0.25) is 0 Å². The fraction of sp³-hybridized carbons (Fsp3) is 0.571. The van der Waals surface area contributed by atoms with Gasteiger partial charge in [0.1, 0.15) is 6.04 Å². The van der Waals surface area contributed by atoms with E-state index in [9.17, 15) is 14.4 Å². The van der Waals surface area contributed by atoms with Gasteiger partial charge in [-0.15, -0.1) is 0 Å². The highest BCUT2D eigenvalue weighted by Gasteiger charge is 2.19. The van der Waals surface area contributed by atoms with Crippen LogP contribution in [0.1, 0.15) is 6.92 Å². The normalized spacial score (nSPS) is 11.6. The minimum absolute atomic E-state index is 0.0536. The summed E-state index contributed by atoms with van der Waals surface area (Å²) in [6, 6.07) is -0.907. The Labute approximate surface area is 86.0 Å². The Morgan fingerprint density at radius 2 is 2.07 bits per heavy atom. The van der Waals surface area contributed by atoms with Crippen LogP contribution in [0, 0.1) is 0 Å². The van der Waals surface area contributed by atoms with Gasteiger partial charge < -0.3 is 15.2 Å². The number of carbonyl (C=O) groups excluding carboxylic acids is 2. The lowest BCUT2D eigenvalue weighted by molar-refractivity contribution is -0.156. The monoisotopic (exact) mass is 221 g/mol.